The molecule has 1 aliphatic rings. The van der Waals surface area contributed by atoms with E-state index in [4.69, 9.17) is 9.47 Å². The molecule has 0 bridgehead atoms. The van der Waals surface area contributed by atoms with Gasteiger partial charge < -0.3 is 45.4 Å². The highest BCUT2D eigenvalue weighted by molar-refractivity contribution is 5.80. The van der Waals surface area contributed by atoms with Crippen LogP contribution in [0.3, 0.4) is 0 Å². The highest BCUT2D eigenvalue weighted by Crippen LogP contribution is 2.23. The summed E-state index contributed by atoms with van der Waals surface area (Å²) in [6.07, 6.45) is 30.6. The van der Waals surface area contributed by atoms with Crippen molar-refractivity contribution in [1.29, 1.82) is 0 Å². The molecule has 0 spiro atoms. The number of nitrogens with one attached hydrogen (secondary N) is 1. The van der Waals surface area contributed by atoms with E-state index < -0.39 is 61.5 Å². The monoisotopic (exact) mass is 812 g/mol. The van der Waals surface area contributed by atoms with Crippen molar-refractivity contribution in [2.75, 3.05) is 13.2 Å². The number of rotatable bonds is 38. The van der Waals surface area contributed by atoms with Crippen LogP contribution in [0.15, 0.2) is 23.8 Å². The van der Waals surface area contributed by atoms with Crippen LogP contribution in [0.4, 0.5) is 0 Å². The average Bonchev–Trinajstić information content (AvgIpc) is 3.20. The van der Waals surface area contributed by atoms with E-state index in [0.717, 1.165) is 32.1 Å². The van der Waals surface area contributed by atoms with Gasteiger partial charge in [-0.05, 0) is 39.0 Å². The van der Waals surface area contributed by atoms with Gasteiger partial charge >= 0.3 is 0 Å². The summed E-state index contributed by atoms with van der Waals surface area (Å²) >= 11 is 0. The van der Waals surface area contributed by atoms with Crippen LogP contribution in [0.25, 0.3) is 0 Å². The zero-order valence-electron chi connectivity index (χ0n) is 36.7. The van der Waals surface area contributed by atoms with Gasteiger partial charge in [-0.2, -0.15) is 0 Å². The summed E-state index contributed by atoms with van der Waals surface area (Å²) in [5.74, 6) is -0.624. The highest BCUT2D eigenvalue weighted by Gasteiger charge is 2.44. The molecule has 8 atom stereocenters. The Bertz CT molecular complexity index is 992. The normalized spacial score (nSPS) is 21.9. The molecule has 1 aliphatic heterocycles. The van der Waals surface area contributed by atoms with E-state index in [1.54, 1.807) is 6.08 Å². The Morgan fingerprint density at radius 1 is 0.667 bits per heavy atom. The first-order valence-electron chi connectivity index (χ1n) is 23.6. The van der Waals surface area contributed by atoms with Crippen molar-refractivity contribution in [2.24, 2.45) is 0 Å². The topological polar surface area (TPSA) is 169 Å². The van der Waals surface area contributed by atoms with Crippen LogP contribution in [-0.2, 0) is 14.3 Å². The van der Waals surface area contributed by atoms with E-state index >= 15 is 0 Å². The number of hydrogen-bond acceptors (Lipinski definition) is 9. The van der Waals surface area contributed by atoms with Crippen LogP contribution in [0, 0.1) is 0 Å². The molecule has 10 heteroatoms. The molecule has 0 unspecified atom stereocenters. The second-order valence-electron chi connectivity index (χ2n) is 16.9. The van der Waals surface area contributed by atoms with Crippen LogP contribution in [0.5, 0.6) is 0 Å². The Morgan fingerprint density at radius 3 is 1.63 bits per heavy atom. The Kier molecular flexibility index (Phi) is 34.3. The van der Waals surface area contributed by atoms with Gasteiger partial charge in [0, 0.05) is 0 Å². The van der Waals surface area contributed by atoms with Gasteiger partial charge in [0.25, 0.3) is 0 Å². The highest BCUT2D eigenvalue weighted by atomic mass is 16.7. The number of amides is 1. The molecule has 0 saturated carbocycles. The number of carbonyl (C=O) groups excluding carboxylic acids is 1. The molecule has 0 aliphatic carbocycles. The lowest BCUT2D eigenvalue weighted by Gasteiger charge is -2.40. The SMILES string of the molecule is CCCCCCCCCCCCCCCCCCCC[C@@H](O)C(=O)N[C@@H](CO[C@@H]1O[C@H](CO)[C@@H](O)[C@H](O)[C@H]1O)[C@H](O)/C=C/CC/C=C(\C)CCCCCCCCC. The van der Waals surface area contributed by atoms with Gasteiger partial charge in [0.05, 0.1) is 25.4 Å². The second kappa shape index (κ2) is 36.5. The average molecular weight is 812 g/mol. The molecule has 1 rings (SSSR count). The molecular formula is C47H89NO9. The van der Waals surface area contributed by atoms with Gasteiger partial charge in [-0.3, -0.25) is 4.79 Å². The van der Waals surface area contributed by atoms with Gasteiger partial charge in [0.1, 0.15) is 30.5 Å². The van der Waals surface area contributed by atoms with E-state index in [1.165, 1.54) is 140 Å². The summed E-state index contributed by atoms with van der Waals surface area (Å²) in [5.41, 5.74) is 1.36. The van der Waals surface area contributed by atoms with Crippen LogP contribution in [-0.4, -0.2) is 98.7 Å². The van der Waals surface area contributed by atoms with Crippen molar-refractivity contribution in [3.05, 3.63) is 23.8 Å². The first-order valence-corrected chi connectivity index (χ1v) is 23.6. The van der Waals surface area contributed by atoms with E-state index in [9.17, 15) is 35.4 Å². The standard InChI is InChI=1S/C47H89NO9/c1-4-6-8-10-12-13-14-15-16-17-18-19-20-21-22-24-26-30-35-41(51)46(55)48-39(37-56-47-45(54)44(53)43(52)42(36-49)57-47)40(50)34-31-27-29-33-38(3)32-28-25-23-11-9-7-5-2/h31,33-34,39-45,47,49-54H,4-30,32,35-37H2,1-3H3,(H,48,55)/b34-31+,38-33+/t39-,40+,41+,42+,43+,44-,45+,47+/m0/s1. The number of hydrogen-bond donors (Lipinski definition) is 7. The summed E-state index contributed by atoms with van der Waals surface area (Å²) in [6, 6.07) is -0.995. The predicted molar refractivity (Wildman–Crippen MR) is 232 cm³/mol. The summed E-state index contributed by atoms with van der Waals surface area (Å²) in [6.45, 7) is 5.74. The zero-order chi connectivity index (χ0) is 41.9. The first kappa shape index (κ1) is 53.6. The molecule has 1 fully saturated rings. The number of aliphatic hydroxyl groups excluding tert-OH is 6. The minimum absolute atomic E-state index is 0.307. The first-order chi connectivity index (χ1) is 27.7. The minimum atomic E-state index is -1.61. The smallest absolute Gasteiger partial charge is 0.249 e. The summed E-state index contributed by atoms with van der Waals surface area (Å²) < 4.78 is 11.1. The fourth-order valence-corrected chi connectivity index (χ4v) is 7.54. The molecule has 57 heavy (non-hydrogen) atoms. The van der Waals surface area contributed by atoms with Crippen molar-refractivity contribution in [2.45, 2.75) is 256 Å². The number of allylic oxidation sites excluding steroid dienone is 3. The fourth-order valence-electron chi connectivity index (χ4n) is 7.54. The number of aliphatic hydroxyl groups is 6. The maximum atomic E-state index is 13.1. The van der Waals surface area contributed by atoms with Crippen molar-refractivity contribution in [3.8, 4) is 0 Å². The quantitative estimate of drug-likeness (QED) is 0.0238. The summed E-state index contributed by atoms with van der Waals surface area (Å²) in [4.78, 5) is 13.1. The van der Waals surface area contributed by atoms with Crippen LogP contribution in [0.1, 0.15) is 207 Å². The number of unbranched alkanes of at least 4 members (excludes halogenated alkanes) is 24. The third-order valence-corrected chi connectivity index (χ3v) is 11.5. The van der Waals surface area contributed by atoms with Gasteiger partial charge in [0.15, 0.2) is 6.29 Å². The number of carbonyl (C=O) groups is 1. The van der Waals surface area contributed by atoms with Crippen LogP contribution < -0.4 is 5.32 Å². The molecule has 336 valence electrons. The Morgan fingerprint density at radius 2 is 1.14 bits per heavy atom. The molecular weight excluding hydrogens is 723 g/mol. The third-order valence-electron chi connectivity index (χ3n) is 11.5. The summed E-state index contributed by atoms with van der Waals surface area (Å²) in [7, 11) is 0. The van der Waals surface area contributed by atoms with Crippen molar-refractivity contribution >= 4 is 5.91 Å². The van der Waals surface area contributed by atoms with Crippen LogP contribution in [0.2, 0.25) is 0 Å². The maximum Gasteiger partial charge on any atom is 0.249 e. The van der Waals surface area contributed by atoms with E-state index in [1.807, 2.05) is 6.08 Å². The third kappa shape index (κ3) is 27.2. The molecule has 1 heterocycles. The second-order valence-corrected chi connectivity index (χ2v) is 16.9. The predicted octanol–water partition coefficient (Wildman–Crippen LogP) is 8.86. The lowest BCUT2D eigenvalue weighted by atomic mass is 9.99. The molecule has 1 amide bonds. The fraction of sp³-hybridized carbons (Fsp3) is 0.894. The lowest BCUT2D eigenvalue weighted by Crippen LogP contribution is -2.60. The maximum absolute atomic E-state index is 13.1. The molecule has 0 aromatic rings. The van der Waals surface area contributed by atoms with Gasteiger partial charge in [-0.1, -0.05) is 192 Å². The minimum Gasteiger partial charge on any atom is -0.394 e. The lowest BCUT2D eigenvalue weighted by molar-refractivity contribution is -0.302. The Hall–Kier alpha value is -1.37. The molecule has 10 nitrogen and oxygen atoms in total. The van der Waals surface area contributed by atoms with Gasteiger partial charge in [0.2, 0.25) is 5.91 Å². The van der Waals surface area contributed by atoms with Crippen molar-refractivity contribution < 1.29 is 44.9 Å². The largest absolute Gasteiger partial charge is 0.394 e. The van der Waals surface area contributed by atoms with E-state index in [0.29, 0.717) is 19.3 Å². The molecule has 7 N–H and O–H groups in total. The Labute approximate surface area is 348 Å². The number of ether oxygens (including phenoxy) is 2. The van der Waals surface area contributed by atoms with Crippen molar-refractivity contribution in [3.63, 3.8) is 0 Å². The Balaban J connectivity index is 2.45. The molecule has 0 aromatic carbocycles. The van der Waals surface area contributed by atoms with E-state index in [-0.39, 0.29) is 6.61 Å². The molecule has 0 radical (unpaired) electrons. The van der Waals surface area contributed by atoms with Gasteiger partial charge in [-0.15, -0.1) is 0 Å². The van der Waals surface area contributed by atoms with Gasteiger partial charge in [-0.25, -0.2) is 0 Å². The van der Waals surface area contributed by atoms with Crippen LogP contribution >= 0.6 is 0 Å². The zero-order valence-corrected chi connectivity index (χ0v) is 36.7. The summed E-state index contributed by atoms with van der Waals surface area (Å²) in [5, 5.41) is 64.7. The van der Waals surface area contributed by atoms with E-state index in [2.05, 4.69) is 32.2 Å². The van der Waals surface area contributed by atoms with Crippen molar-refractivity contribution in [1.82, 2.24) is 5.32 Å². The molecule has 0 aromatic heterocycles. The molecule has 1 saturated heterocycles.